The van der Waals surface area contributed by atoms with Crippen molar-refractivity contribution in [2.24, 2.45) is 5.10 Å². The molecule has 0 bridgehead atoms. The second-order valence-corrected chi connectivity index (χ2v) is 6.20. The van der Waals surface area contributed by atoms with E-state index in [0.717, 1.165) is 16.2 Å². The standard InChI is InChI=1S/C21H15N3O5/c1-28-19-8-6-13(10-17(19)24(26)27)12-22-23-21(25)20-11-16-15-5-3-2-4-14(15)7-9-18(16)29-20/h2-12H,1H3,(H,23,25)/b22-12+. The predicted octanol–water partition coefficient (Wildman–Crippen LogP) is 4.27. The smallest absolute Gasteiger partial charge is 0.311 e. The van der Waals surface area contributed by atoms with Crippen LogP contribution in [0.15, 0.2) is 70.2 Å². The third-order valence-corrected chi connectivity index (χ3v) is 4.43. The number of ether oxygens (including phenoxy) is 1. The molecule has 0 aliphatic rings. The van der Waals surface area contributed by atoms with Crippen LogP contribution in [-0.2, 0) is 0 Å². The Morgan fingerprint density at radius 2 is 1.97 bits per heavy atom. The van der Waals surface area contributed by atoms with Crippen LogP contribution in [0.4, 0.5) is 5.69 Å². The molecule has 4 aromatic rings. The molecule has 1 N–H and O–H groups in total. The van der Waals surface area contributed by atoms with Crippen molar-refractivity contribution in [3.63, 3.8) is 0 Å². The van der Waals surface area contributed by atoms with Gasteiger partial charge in [-0.2, -0.15) is 5.10 Å². The molecule has 144 valence electrons. The number of furan rings is 1. The molecule has 29 heavy (non-hydrogen) atoms. The van der Waals surface area contributed by atoms with E-state index in [4.69, 9.17) is 9.15 Å². The monoisotopic (exact) mass is 389 g/mol. The molecule has 0 atom stereocenters. The van der Waals surface area contributed by atoms with Crippen LogP contribution in [0.2, 0.25) is 0 Å². The fourth-order valence-corrected chi connectivity index (χ4v) is 3.05. The van der Waals surface area contributed by atoms with Crippen LogP contribution in [0.25, 0.3) is 21.7 Å². The van der Waals surface area contributed by atoms with Gasteiger partial charge in [-0.05, 0) is 35.0 Å². The molecule has 0 spiro atoms. The SMILES string of the molecule is COc1ccc(/C=N/NC(=O)c2cc3c(ccc4ccccc43)o2)cc1[N+](=O)[O-]. The number of fused-ring (bicyclic) bond motifs is 3. The maximum absolute atomic E-state index is 12.4. The topological polar surface area (TPSA) is 107 Å². The first kappa shape index (κ1) is 18.2. The molecule has 8 heteroatoms. The summed E-state index contributed by atoms with van der Waals surface area (Å²) in [4.78, 5) is 22.9. The molecule has 0 radical (unpaired) electrons. The summed E-state index contributed by atoms with van der Waals surface area (Å²) in [7, 11) is 1.35. The fraction of sp³-hybridized carbons (Fsp3) is 0.0476. The predicted molar refractivity (Wildman–Crippen MR) is 108 cm³/mol. The largest absolute Gasteiger partial charge is 0.490 e. The molecule has 1 aromatic heterocycles. The lowest BCUT2D eigenvalue weighted by Crippen LogP contribution is -2.16. The fourth-order valence-electron chi connectivity index (χ4n) is 3.05. The van der Waals surface area contributed by atoms with Gasteiger partial charge in [0.1, 0.15) is 5.58 Å². The number of hydrogen-bond donors (Lipinski definition) is 1. The van der Waals surface area contributed by atoms with Crippen molar-refractivity contribution in [1.82, 2.24) is 5.43 Å². The summed E-state index contributed by atoms with van der Waals surface area (Å²) < 4.78 is 10.6. The summed E-state index contributed by atoms with van der Waals surface area (Å²) in [5, 5.41) is 17.8. The molecule has 3 aromatic carbocycles. The van der Waals surface area contributed by atoms with Crippen molar-refractivity contribution in [3.8, 4) is 5.75 Å². The number of carbonyl (C=O) groups is 1. The molecular weight excluding hydrogens is 374 g/mol. The molecule has 4 rings (SSSR count). The van der Waals surface area contributed by atoms with E-state index in [-0.39, 0.29) is 17.2 Å². The molecule has 8 nitrogen and oxygen atoms in total. The quantitative estimate of drug-likeness (QED) is 0.312. The van der Waals surface area contributed by atoms with E-state index in [9.17, 15) is 14.9 Å². The number of carbonyl (C=O) groups excluding carboxylic acids is 1. The van der Waals surface area contributed by atoms with Crippen LogP contribution in [0, 0.1) is 10.1 Å². The number of nitro groups is 1. The van der Waals surface area contributed by atoms with Gasteiger partial charge in [-0.25, -0.2) is 5.43 Å². The first-order valence-corrected chi connectivity index (χ1v) is 8.64. The average Bonchev–Trinajstić information content (AvgIpc) is 3.18. The Labute approximate surface area is 164 Å². The molecular formula is C21H15N3O5. The first-order chi connectivity index (χ1) is 14.1. The third-order valence-electron chi connectivity index (χ3n) is 4.43. The Morgan fingerprint density at radius 1 is 1.14 bits per heavy atom. The molecule has 0 saturated heterocycles. The maximum atomic E-state index is 12.4. The molecule has 1 amide bonds. The summed E-state index contributed by atoms with van der Waals surface area (Å²) in [5.74, 6) is -0.260. The molecule has 0 saturated carbocycles. The normalized spacial score (nSPS) is 11.2. The summed E-state index contributed by atoms with van der Waals surface area (Å²) in [5.41, 5.74) is 3.22. The van der Waals surface area contributed by atoms with Crippen LogP contribution in [0.3, 0.4) is 0 Å². The highest BCUT2D eigenvalue weighted by Crippen LogP contribution is 2.28. The summed E-state index contributed by atoms with van der Waals surface area (Å²) >= 11 is 0. The van der Waals surface area contributed by atoms with E-state index in [2.05, 4.69) is 10.5 Å². The van der Waals surface area contributed by atoms with E-state index in [0.29, 0.717) is 11.1 Å². The summed E-state index contributed by atoms with van der Waals surface area (Å²) in [6.07, 6.45) is 1.31. The van der Waals surface area contributed by atoms with E-state index >= 15 is 0 Å². The van der Waals surface area contributed by atoms with Crippen LogP contribution in [0.1, 0.15) is 16.1 Å². The van der Waals surface area contributed by atoms with Crippen molar-refractivity contribution in [2.45, 2.75) is 0 Å². The number of nitro benzene ring substituents is 1. The van der Waals surface area contributed by atoms with Gasteiger partial charge in [-0.3, -0.25) is 14.9 Å². The minimum atomic E-state index is -0.548. The third kappa shape index (κ3) is 3.51. The van der Waals surface area contributed by atoms with Gasteiger partial charge in [0, 0.05) is 17.0 Å². The summed E-state index contributed by atoms with van der Waals surface area (Å²) in [6.45, 7) is 0. The second-order valence-electron chi connectivity index (χ2n) is 6.20. The first-order valence-electron chi connectivity index (χ1n) is 8.64. The second kappa shape index (κ2) is 7.43. The zero-order valence-electron chi connectivity index (χ0n) is 15.3. The highest BCUT2D eigenvalue weighted by atomic mass is 16.6. The Hall–Kier alpha value is -4.20. The van der Waals surface area contributed by atoms with Crippen molar-refractivity contribution in [3.05, 3.63) is 82.1 Å². The highest BCUT2D eigenvalue weighted by molar-refractivity contribution is 6.08. The number of hydrazone groups is 1. The van der Waals surface area contributed by atoms with Gasteiger partial charge in [-0.1, -0.05) is 30.3 Å². The lowest BCUT2D eigenvalue weighted by Gasteiger charge is -2.01. The zero-order chi connectivity index (χ0) is 20.4. The minimum absolute atomic E-state index is 0.120. The lowest BCUT2D eigenvalue weighted by molar-refractivity contribution is -0.385. The lowest BCUT2D eigenvalue weighted by atomic mass is 10.1. The van der Waals surface area contributed by atoms with E-state index in [1.807, 2.05) is 36.4 Å². The molecule has 1 heterocycles. The summed E-state index contributed by atoms with van der Waals surface area (Å²) in [6, 6.07) is 17.6. The van der Waals surface area contributed by atoms with Crippen molar-refractivity contribution in [1.29, 1.82) is 0 Å². The Morgan fingerprint density at radius 3 is 2.76 bits per heavy atom. The van der Waals surface area contributed by atoms with Crippen molar-refractivity contribution >= 4 is 39.6 Å². The molecule has 0 unspecified atom stereocenters. The number of rotatable bonds is 5. The number of methoxy groups -OCH3 is 1. The minimum Gasteiger partial charge on any atom is -0.490 e. The van der Waals surface area contributed by atoms with Crippen LogP contribution in [0.5, 0.6) is 5.75 Å². The van der Waals surface area contributed by atoms with Crippen molar-refractivity contribution in [2.75, 3.05) is 7.11 Å². The van der Waals surface area contributed by atoms with E-state index < -0.39 is 10.8 Å². The van der Waals surface area contributed by atoms with Gasteiger partial charge < -0.3 is 9.15 Å². The molecule has 0 fully saturated rings. The zero-order valence-corrected chi connectivity index (χ0v) is 15.3. The van der Waals surface area contributed by atoms with Gasteiger partial charge in [0.2, 0.25) is 0 Å². The van der Waals surface area contributed by atoms with E-state index in [1.54, 1.807) is 12.1 Å². The Kier molecular flexibility index (Phi) is 4.66. The van der Waals surface area contributed by atoms with E-state index in [1.165, 1.54) is 25.5 Å². The van der Waals surface area contributed by atoms with Gasteiger partial charge in [0.25, 0.3) is 0 Å². The number of nitrogens with one attached hydrogen (secondary N) is 1. The van der Waals surface area contributed by atoms with Gasteiger partial charge in [0.05, 0.1) is 18.2 Å². The number of nitrogens with zero attached hydrogens (tertiary/aromatic N) is 2. The number of amides is 1. The Bertz CT molecular complexity index is 1280. The Balaban J connectivity index is 1.55. The van der Waals surface area contributed by atoms with Crippen molar-refractivity contribution < 1.29 is 18.9 Å². The number of hydrogen-bond acceptors (Lipinski definition) is 6. The highest BCUT2D eigenvalue weighted by Gasteiger charge is 2.15. The van der Waals surface area contributed by atoms with Crippen LogP contribution >= 0.6 is 0 Å². The van der Waals surface area contributed by atoms with Gasteiger partial charge in [-0.15, -0.1) is 0 Å². The molecule has 0 aliphatic carbocycles. The van der Waals surface area contributed by atoms with Gasteiger partial charge >= 0.3 is 11.6 Å². The maximum Gasteiger partial charge on any atom is 0.311 e. The van der Waals surface area contributed by atoms with Gasteiger partial charge in [0.15, 0.2) is 11.5 Å². The van der Waals surface area contributed by atoms with Crippen LogP contribution < -0.4 is 10.2 Å². The molecule has 0 aliphatic heterocycles. The van der Waals surface area contributed by atoms with Crippen LogP contribution in [-0.4, -0.2) is 24.2 Å². The average molecular weight is 389 g/mol. The number of benzene rings is 3.